The minimum absolute atomic E-state index is 0.235. The van der Waals surface area contributed by atoms with Crippen LogP contribution in [0.2, 0.25) is 0 Å². The fourth-order valence-corrected chi connectivity index (χ4v) is 2.37. The molecule has 3 heteroatoms. The Morgan fingerprint density at radius 3 is 2.44 bits per heavy atom. The van der Waals surface area contributed by atoms with E-state index < -0.39 is 0 Å². The molecule has 0 spiro atoms. The van der Waals surface area contributed by atoms with Gasteiger partial charge in [0.1, 0.15) is 5.82 Å². The van der Waals surface area contributed by atoms with Gasteiger partial charge in [-0.1, -0.05) is 30.0 Å². The highest BCUT2D eigenvalue weighted by Gasteiger charge is 2.01. The van der Waals surface area contributed by atoms with Crippen molar-refractivity contribution >= 4 is 11.8 Å². The quantitative estimate of drug-likeness (QED) is 0.878. The van der Waals surface area contributed by atoms with Gasteiger partial charge in [0.25, 0.3) is 0 Å². The van der Waals surface area contributed by atoms with Gasteiger partial charge in [0, 0.05) is 16.3 Å². The Balaban J connectivity index is 2.24. The molecule has 0 atom stereocenters. The average molecular weight is 233 g/mol. The molecule has 0 bridgehead atoms. The number of rotatable bonds is 3. The summed E-state index contributed by atoms with van der Waals surface area (Å²) in [5.74, 6) is -0.235. The van der Waals surface area contributed by atoms with Gasteiger partial charge in [0.05, 0.1) is 0 Å². The molecule has 0 aromatic heterocycles. The molecule has 0 fully saturated rings. The molecule has 2 aromatic carbocycles. The normalized spacial score (nSPS) is 10.4. The summed E-state index contributed by atoms with van der Waals surface area (Å²) in [7, 11) is 0. The summed E-state index contributed by atoms with van der Waals surface area (Å²) in [6.07, 6.45) is 0. The molecule has 0 saturated heterocycles. The van der Waals surface area contributed by atoms with Crippen molar-refractivity contribution in [3.8, 4) is 0 Å². The highest BCUT2D eigenvalue weighted by molar-refractivity contribution is 7.99. The van der Waals surface area contributed by atoms with Gasteiger partial charge in [-0.05, 0) is 35.9 Å². The lowest BCUT2D eigenvalue weighted by atomic mass is 10.2. The van der Waals surface area contributed by atoms with E-state index >= 15 is 0 Å². The maximum atomic E-state index is 13.2. The first-order chi connectivity index (χ1) is 7.78. The van der Waals surface area contributed by atoms with Crippen LogP contribution in [0, 0.1) is 5.82 Å². The summed E-state index contributed by atoms with van der Waals surface area (Å²) >= 11 is 1.54. The van der Waals surface area contributed by atoms with Crippen LogP contribution in [0.1, 0.15) is 5.56 Å². The molecule has 0 aliphatic carbocycles. The monoisotopic (exact) mass is 233 g/mol. The van der Waals surface area contributed by atoms with Crippen LogP contribution < -0.4 is 5.73 Å². The van der Waals surface area contributed by atoms with Crippen LogP contribution in [0.25, 0.3) is 0 Å². The molecule has 16 heavy (non-hydrogen) atoms. The SMILES string of the molecule is NCc1cc(F)cc(Sc2ccccc2)c1. The van der Waals surface area contributed by atoms with Crippen LogP contribution in [0.5, 0.6) is 0 Å². The van der Waals surface area contributed by atoms with Gasteiger partial charge in [-0.2, -0.15) is 0 Å². The highest BCUT2D eigenvalue weighted by atomic mass is 32.2. The third kappa shape index (κ3) is 2.84. The van der Waals surface area contributed by atoms with Crippen molar-refractivity contribution in [1.29, 1.82) is 0 Å². The van der Waals surface area contributed by atoms with Gasteiger partial charge in [-0.25, -0.2) is 4.39 Å². The molecule has 1 nitrogen and oxygen atoms in total. The third-order valence-corrected chi connectivity index (χ3v) is 3.12. The van der Waals surface area contributed by atoms with Gasteiger partial charge in [0.2, 0.25) is 0 Å². The minimum Gasteiger partial charge on any atom is -0.326 e. The molecule has 0 aliphatic rings. The van der Waals surface area contributed by atoms with E-state index in [9.17, 15) is 4.39 Å². The molecule has 0 aliphatic heterocycles. The largest absolute Gasteiger partial charge is 0.326 e. The van der Waals surface area contributed by atoms with Crippen molar-refractivity contribution in [3.63, 3.8) is 0 Å². The van der Waals surface area contributed by atoms with E-state index in [0.717, 1.165) is 15.4 Å². The summed E-state index contributed by atoms with van der Waals surface area (Å²) < 4.78 is 13.2. The van der Waals surface area contributed by atoms with E-state index in [4.69, 9.17) is 5.73 Å². The van der Waals surface area contributed by atoms with Gasteiger partial charge < -0.3 is 5.73 Å². The Labute approximate surface area is 98.5 Å². The summed E-state index contributed by atoms with van der Waals surface area (Å²) in [4.78, 5) is 1.97. The van der Waals surface area contributed by atoms with Crippen LogP contribution in [0.4, 0.5) is 4.39 Å². The first kappa shape index (κ1) is 11.2. The maximum Gasteiger partial charge on any atom is 0.124 e. The van der Waals surface area contributed by atoms with E-state index in [1.807, 2.05) is 36.4 Å². The Kier molecular flexibility index (Phi) is 3.59. The first-order valence-corrected chi connectivity index (χ1v) is 5.82. The number of hydrogen-bond donors (Lipinski definition) is 1. The van der Waals surface area contributed by atoms with Crippen LogP contribution in [0.15, 0.2) is 58.3 Å². The zero-order valence-electron chi connectivity index (χ0n) is 8.69. The lowest BCUT2D eigenvalue weighted by Gasteiger charge is -2.04. The highest BCUT2D eigenvalue weighted by Crippen LogP contribution is 2.28. The van der Waals surface area contributed by atoms with E-state index in [1.54, 1.807) is 0 Å². The van der Waals surface area contributed by atoms with Crippen molar-refractivity contribution < 1.29 is 4.39 Å². The second kappa shape index (κ2) is 5.14. The van der Waals surface area contributed by atoms with Gasteiger partial charge in [0.15, 0.2) is 0 Å². The van der Waals surface area contributed by atoms with Gasteiger partial charge in [-0.15, -0.1) is 0 Å². The van der Waals surface area contributed by atoms with E-state index in [2.05, 4.69) is 0 Å². The second-order valence-electron chi connectivity index (χ2n) is 3.41. The molecule has 0 amide bonds. The van der Waals surface area contributed by atoms with Crippen LogP contribution in [-0.4, -0.2) is 0 Å². The summed E-state index contributed by atoms with van der Waals surface area (Å²) in [6.45, 7) is 0.361. The summed E-state index contributed by atoms with van der Waals surface area (Å²) in [5.41, 5.74) is 6.32. The zero-order chi connectivity index (χ0) is 11.4. The fraction of sp³-hybridized carbons (Fsp3) is 0.0769. The molecule has 0 unspecified atom stereocenters. The number of hydrogen-bond acceptors (Lipinski definition) is 2. The second-order valence-corrected chi connectivity index (χ2v) is 4.56. The van der Waals surface area contributed by atoms with Crippen LogP contribution >= 0.6 is 11.8 Å². The van der Waals surface area contributed by atoms with Crippen molar-refractivity contribution in [2.45, 2.75) is 16.3 Å². The summed E-state index contributed by atoms with van der Waals surface area (Å²) in [5, 5.41) is 0. The van der Waals surface area contributed by atoms with Crippen molar-refractivity contribution in [2.75, 3.05) is 0 Å². The molecule has 2 aromatic rings. The lowest BCUT2D eigenvalue weighted by Crippen LogP contribution is -1.96. The van der Waals surface area contributed by atoms with Gasteiger partial charge >= 0.3 is 0 Å². The summed E-state index contributed by atoms with van der Waals surface area (Å²) in [6, 6.07) is 14.8. The topological polar surface area (TPSA) is 26.0 Å². The molecular formula is C13H12FNS. The minimum atomic E-state index is -0.235. The smallest absolute Gasteiger partial charge is 0.124 e. The number of nitrogens with two attached hydrogens (primary N) is 1. The fourth-order valence-electron chi connectivity index (χ4n) is 1.42. The van der Waals surface area contributed by atoms with Crippen molar-refractivity contribution in [3.05, 3.63) is 59.9 Å². The standard InChI is InChI=1S/C13H12FNS/c14-11-6-10(9-15)7-13(8-11)16-12-4-2-1-3-5-12/h1-8H,9,15H2. The van der Waals surface area contributed by atoms with Crippen LogP contribution in [-0.2, 0) is 6.54 Å². The lowest BCUT2D eigenvalue weighted by molar-refractivity contribution is 0.621. The van der Waals surface area contributed by atoms with Crippen molar-refractivity contribution in [1.82, 2.24) is 0 Å². The Hall–Kier alpha value is -1.32. The molecule has 2 N–H and O–H groups in total. The van der Waals surface area contributed by atoms with E-state index in [1.165, 1.54) is 23.9 Å². The Morgan fingerprint density at radius 2 is 1.75 bits per heavy atom. The molecule has 82 valence electrons. The van der Waals surface area contributed by atoms with Crippen LogP contribution in [0.3, 0.4) is 0 Å². The van der Waals surface area contributed by atoms with E-state index in [-0.39, 0.29) is 5.82 Å². The number of benzene rings is 2. The molecule has 0 saturated carbocycles. The van der Waals surface area contributed by atoms with Crippen molar-refractivity contribution in [2.24, 2.45) is 5.73 Å². The zero-order valence-corrected chi connectivity index (χ0v) is 9.51. The molecule has 0 heterocycles. The molecule has 0 radical (unpaired) electrons. The van der Waals surface area contributed by atoms with Gasteiger partial charge in [-0.3, -0.25) is 0 Å². The van der Waals surface area contributed by atoms with E-state index in [0.29, 0.717) is 6.54 Å². The average Bonchev–Trinajstić information content (AvgIpc) is 2.29. The Morgan fingerprint density at radius 1 is 1.00 bits per heavy atom. The predicted molar refractivity (Wildman–Crippen MR) is 64.9 cm³/mol. The predicted octanol–water partition coefficient (Wildman–Crippen LogP) is 3.44. The first-order valence-electron chi connectivity index (χ1n) is 5.00. The molecule has 2 rings (SSSR count). The Bertz CT molecular complexity index is 471. The maximum absolute atomic E-state index is 13.2. The third-order valence-electron chi connectivity index (χ3n) is 2.15. The number of halogens is 1. The molecular weight excluding hydrogens is 221 g/mol.